The monoisotopic (exact) mass is 260 g/mol. The molecule has 4 heteroatoms. The largest absolute Gasteiger partial charge is 0.491 e. The molecule has 1 N–H and O–H groups in total. The second kappa shape index (κ2) is 5.21. The third-order valence-corrected chi connectivity index (χ3v) is 3.85. The summed E-state index contributed by atoms with van der Waals surface area (Å²) in [5.41, 5.74) is 1.16. The predicted octanol–water partition coefficient (Wildman–Crippen LogP) is 1.72. The Morgan fingerprint density at radius 1 is 1.42 bits per heavy atom. The van der Waals surface area contributed by atoms with E-state index in [1.165, 1.54) is 0 Å². The van der Waals surface area contributed by atoms with Crippen LogP contribution in [0.1, 0.15) is 31.4 Å². The van der Waals surface area contributed by atoms with E-state index < -0.39 is 0 Å². The molecule has 0 radical (unpaired) electrons. The summed E-state index contributed by atoms with van der Waals surface area (Å²) in [6.45, 7) is 3.86. The van der Waals surface area contributed by atoms with E-state index in [-0.39, 0.29) is 11.9 Å². The standard InChI is InChI=1S/C15H20N2O2/c1-2-17(11-7-8-11)15(18)9-16-13-10-19-14-6-4-3-5-12(13)14/h3-6,11,13,16H,2,7-10H2,1H3. The Balaban J connectivity index is 1.57. The molecule has 1 aromatic rings. The number of likely N-dealkylation sites (N-methyl/N-ethyl adjacent to an activating group) is 1. The highest BCUT2D eigenvalue weighted by Gasteiger charge is 2.32. The van der Waals surface area contributed by atoms with Crippen LogP contribution < -0.4 is 10.1 Å². The van der Waals surface area contributed by atoms with Gasteiger partial charge in [-0.1, -0.05) is 18.2 Å². The first-order valence-electron chi connectivity index (χ1n) is 7.04. The number of fused-ring (bicyclic) bond motifs is 1. The lowest BCUT2D eigenvalue weighted by Gasteiger charge is -2.21. The van der Waals surface area contributed by atoms with Gasteiger partial charge in [0.05, 0.1) is 12.6 Å². The van der Waals surface area contributed by atoms with Crippen molar-refractivity contribution in [2.45, 2.75) is 31.8 Å². The molecule has 1 aliphatic carbocycles. The summed E-state index contributed by atoms with van der Waals surface area (Å²) < 4.78 is 5.60. The number of nitrogens with one attached hydrogen (secondary N) is 1. The molecule has 1 aliphatic heterocycles. The molecule has 1 atom stereocenters. The van der Waals surface area contributed by atoms with Crippen molar-refractivity contribution < 1.29 is 9.53 Å². The number of carbonyl (C=O) groups is 1. The Morgan fingerprint density at radius 3 is 2.95 bits per heavy atom. The number of nitrogens with zero attached hydrogens (tertiary/aromatic N) is 1. The van der Waals surface area contributed by atoms with Gasteiger partial charge in [0.25, 0.3) is 0 Å². The minimum absolute atomic E-state index is 0.137. The molecule has 1 amide bonds. The number of hydrogen-bond donors (Lipinski definition) is 1. The van der Waals surface area contributed by atoms with E-state index >= 15 is 0 Å². The number of rotatable bonds is 5. The van der Waals surface area contributed by atoms with Gasteiger partial charge in [-0.2, -0.15) is 0 Å². The number of hydrogen-bond acceptors (Lipinski definition) is 3. The van der Waals surface area contributed by atoms with Crippen LogP contribution in [0.4, 0.5) is 0 Å². The predicted molar refractivity (Wildman–Crippen MR) is 73.1 cm³/mol. The van der Waals surface area contributed by atoms with Crippen molar-refractivity contribution in [2.24, 2.45) is 0 Å². The lowest BCUT2D eigenvalue weighted by atomic mass is 10.1. The molecule has 4 nitrogen and oxygen atoms in total. The molecule has 1 saturated carbocycles. The van der Waals surface area contributed by atoms with Crippen LogP contribution in [0.5, 0.6) is 5.75 Å². The quantitative estimate of drug-likeness (QED) is 0.876. The van der Waals surface area contributed by atoms with Crippen LogP contribution in [-0.4, -0.2) is 36.5 Å². The fourth-order valence-corrected chi connectivity index (χ4v) is 2.67. The van der Waals surface area contributed by atoms with Crippen LogP contribution in [0.25, 0.3) is 0 Å². The Hall–Kier alpha value is -1.55. The van der Waals surface area contributed by atoms with Crippen molar-refractivity contribution in [3.63, 3.8) is 0 Å². The maximum Gasteiger partial charge on any atom is 0.236 e. The van der Waals surface area contributed by atoms with E-state index in [1.54, 1.807) is 0 Å². The Kier molecular flexibility index (Phi) is 3.42. The molecule has 3 rings (SSSR count). The number of benzene rings is 1. The molecule has 1 heterocycles. The van der Waals surface area contributed by atoms with E-state index in [2.05, 4.69) is 11.4 Å². The molecule has 0 bridgehead atoms. The number of ether oxygens (including phenoxy) is 1. The zero-order chi connectivity index (χ0) is 13.2. The Bertz CT molecular complexity index is 471. The lowest BCUT2D eigenvalue weighted by molar-refractivity contribution is -0.130. The van der Waals surface area contributed by atoms with Gasteiger partial charge in [0, 0.05) is 18.2 Å². The van der Waals surface area contributed by atoms with E-state index in [1.807, 2.05) is 30.0 Å². The zero-order valence-corrected chi connectivity index (χ0v) is 11.3. The van der Waals surface area contributed by atoms with Crippen LogP contribution in [0.15, 0.2) is 24.3 Å². The van der Waals surface area contributed by atoms with Crippen molar-refractivity contribution in [1.82, 2.24) is 10.2 Å². The van der Waals surface area contributed by atoms with Gasteiger partial charge in [-0.15, -0.1) is 0 Å². The molecule has 0 saturated heterocycles. The highest BCUT2D eigenvalue weighted by molar-refractivity contribution is 5.79. The molecule has 0 aromatic heterocycles. The minimum Gasteiger partial charge on any atom is -0.491 e. The van der Waals surface area contributed by atoms with E-state index in [4.69, 9.17) is 4.74 Å². The molecule has 1 unspecified atom stereocenters. The number of carbonyl (C=O) groups excluding carboxylic acids is 1. The van der Waals surface area contributed by atoms with Gasteiger partial charge in [-0.25, -0.2) is 0 Å². The van der Waals surface area contributed by atoms with Gasteiger partial charge >= 0.3 is 0 Å². The van der Waals surface area contributed by atoms with Gasteiger partial charge in [-0.3, -0.25) is 10.1 Å². The van der Waals surface area contributed by atoms with Gasteiger partial charge in [0.1, 0.15) is 12.4 Å². The third-order valence-electron chi connectivity index (χ3n) is 3.85. The first kappa shape index (κ1) is 12.5. The summed E-state index contributed by atoms with van der Waals surface area (Å²) in [6, 6.07) is 8.64. The zero-order valence-electron chi connectivity index (χ0n) is 11.3. The Labute approximate surface area is 113 Å². The normalized spacial score (nSPS) is 20.8. The first-order chi connectivity index (χ1) is 9.29. The fourth-order valence-electron chi connectivity index (χ4n) is 2.67. The SMILES string of the molecule is CCN(C(=O)CNC1COc2ccccc21)C1CC1. The smallest absolute Gasteiger partial charge is 0.236 e. The van der Waals surface area contributed by atoms with E-state index in [9.17, 15) is 4.79 Å². The van der Waals surface area contributed by atoms with E-state index in [0.29, 0.717) is 19.2 Å². The van der Waals surface area contributed by atoms with Crippen molar-refractivity contribution in [2.75, 3.05) is 19.7 Å². The molecule has 19 heavy (non-hydrogen) atoms. The summed E-state index contributed by atoms with van der Waals surface area (Å²) in [6.07, 6.45) is 2.32. The minimum atomic E-state index is 0.137. The molecule has 0 spiro atoms. The maximum absolute atomic E-state index is 12.1. The summed E-state index contributed by atoms with van der Waals surface area (Å²) in [5.74, 6) is 1.14. The molecule has 1 fully saturated rings. The molecular weight excluding hydrogens is 240 g/mol. The van der Waals surface area contributed by atoms with Gasteiger partial charge < -0.3 is 9.64 Å². The van der Waals surface area contributed by atoms with Gasteiger partial charge in [0.15, 0.2) is 0 Å². The van der Waals surface area contributed by atoms with Crippen molar-refractivity contribution >= 4 is 5.91 Å². The first-order valence-corrected chi connectivity index (χ1v) is 7.04. The Morgan fingerprint density at radius 2 is 2.21 bits per heavy atom. The topological polar surface area (TPSA) is 41.6 Å². The number of amides is 1. The van der Waals surface area contributed by atoms with Crippen molar-refractivity contribution in [1.29, 1.82) is 0 Å². The van der Waals surface area contributed by atoms with Crippen LogP contribution in [0.3, 0.4) is 0 Å². The second-order valence-corrected chi connectivity index (χ2v) is 5.19. The van der Waals surface area contributed by atoms with Crippen molar-refractivity contribution in [3.8, 4) is 5.75 Å². The van der Waals surface area contributed by atoms with Crippen LogP contribution in [-0.2, 0) is 4.79 Å². The van der Waals surface area contributed by atoms with E-state index in [0.717, 1.165) is 30.7 Å². The highest BCUT2D eigenvalue weighted by atomic mass is 16.5. The summed E-state index contributed by atoms with van der Waals surface area (Å²) >= 11 is 0. The van der Waals surface area contributed by atoms with Crippen LogP contribution in [0, 0.1) is 0 Å². The molecule has 1 aromatic carbocycles. The molecular formula is C15H20N2O2. The van der Waals surface area contributed by atoms with Crippen LogP contribution >= 0.6 is 0 Å². The summed E-state index contributed by atoms with van der Waals surface area (Å²) in [7, 11) is 0. The average molecular weight is 260 g/mol. The lowest BCUT2D eigenvalue weighted by Crippen LogP contribution is -2.40. The van der Waals surface area contributed by atoms with Crippen LogP contribution in [0.2, 0.25) is 0 Å². The second-order valence-electron chi connectivity index (χ2n) is 5.19. The van der Waals surface area contributed by atoms with Gasteiger partial charge in [0.2, 0.25) is 5.91 Å². The maximum atomic E-state index is 12.1. The summed E-state index contributed by atoms with van der Waals surface area (Å²) in [5, 5.41) is 3.32. The number of para-hydroxylation sites is 1. The summed E-state index contributed by atoms with van der Waals surface area (Å²) in [4.78, 5) is 14.1. The van der Waals surface area contributed by atoms with Gasteiger partial charge in [-0.05, 0) is 25.8 Å². The molecule has 102 valence electrons. The fraction of sp³-hybridized carbons (Fsp3) is 0.533. The molecule has 2 aliphatic rings. The highest BCUT2D eigenvalue weighted by Crippen LogP contribution is 2.31. The average Bonchev–Trinajstić information content (AvgIpc) is 3.18. The van der Waals surface area contributed by atoms with Crippen molar-refractivity contribution in [3.05, 3.63) is 29.8 Å². The third kappa shape index (κ3) is 2.59.